The van der Waals surface area contributed by atoms with Crippen LogP contribution in [0.25, 0.3) is 0 Å². The van der Waals surface area contributed by atoms with Gasteiger partial charge in [-0.1, -0.05) is 0 Å². The molecule has 1 aliphatic carbocycles. The van der Waals surface area contributed by atoms with Gasteiger partial charge in [0.1, 0.15) is 0 Å². The Bertz CT molecular complexity index is 436. The van der Waals surface area contributed by atoms with Gasteiger partial charge in [0, 0.05) is 30.0 Å². The van der Waals surface area contributed by atoms with E-state index < -0.39 is 11.3 Å². The number of hydrogen-bond acceptors (Lipinski definition) is 4. The van der Waals surface area contributed by atoms with Gasteiger partial charge in [0.05, 0.1) is 0 Å². The second kappa shape index (κ2) is 3.69. The van der Waals surface area contributed by atoms with Gasteiger partial charge in [0.2, 0.25) is 0 Å². The Kier molecular flexibility index (Phi) is 2.61. The number of piperidine rings is 1. The molecule has 0 unspecified atom stereocenters. The van der Waals surface area contributed by atoms with Gasteiger partial charge in [-0.3, -0.25) is 4.90 Å². The van der Waals surface area contributed by atoms with Crippen LogP contribution in [0.1, 0.15) is 60.3 Å². The molecular weight excluding hydrogens is 256 g/mol. The maximum Gasteiger partial charge on any atom is 0.413 e. The molecule has 2 heterocycles. The molecule has 1 amide bonds. The van der Waals surface area contributed by atoms with Crippen LogP contribution in [0.3, 0.4) is 0 Å². The number of nitrogens with zero attached hydrogens (tertiary/aromatic N) is 1. The fourth-order valence-corrected chi connectivity index (χ4v) is 4.45. The lowest BCUT2D eigenvalue weighted by Gasteiger charge is -2.54. The summed E-state index contributed by atoms with van der Waals surface area (Å²) in [7, 11) is 0. The van der Waals surface area contributed by atoms with E-state index >= 15 is 0 Å². The number of amides is 1. The molecule has 3 aliphatic rings. The topological polar surface area (TPSA) is 61.8 Å². The molecule has 2 saturated heterocycles. The van der Waals surface area contributed by atoms with Gasteiger partial charge < -0.3 is 15.2 Å². The number of ether oxygens (including phenoxy) is 1. The van der Waals surface area contributed by atoms with Crippen LogP contribution in [0.15, 0.2) is 0 Å². The Morgan fingerprint density at radius 2 is 1.65 bits per heavy atom. The smallest absolute Gasteiger partial charge is 0.413 e. The van der Waals surface area contributed by atoms with Crippen molar-refractivity contribution in [1.29, 1.82) is 0 Å². The third kappa shape index (κ3) is 1.94. The van der Waals surface area contributed by atoms with Crippen molar-refractivity contribution < 1.29 is 14.6 Å². The molecule has 5 heteroatoms. The Balaban J connectivity index is 2.00. The van der Waals surface area contributed by atoms with Gasteiger partial charge in [-0.2, -0.15) is 0 Å². The first kappa shape index (κ1) is 14.1. The summed E-state index contributed by atoms with van der Waals surface area (Å²) in [5, 5.41) is 14.7. The van der Waals surface area contributed by atoms with Crippen LogP contribution in [0, 0.1) is 0 Å². The first-order valence-electron chi connectivity index (χ1n) is 7.52. The van der Waals surface area contributed by atoms with Crippen molar-refractivity contribution in [2.75, 3.05) is 0 Å². The normalized spacial score (nSPS) is 38.1. The van der Waals surface area contributed by atoms with Crippen LogP contribution in [0.5, 0.6) is 0 Å². The first-order chi connectivity index (χ1) is 8.98. The zero-order chi connectivity index (χ0) is 15.0. The van der Waals surface area contributed by atoms with Crippen molar-refractivity contribution in [2.45, 2.75) is 88.7 Å². The minimum Gasteiger partial charge on any atom is -0.437 e. The van der Waals surface area contributed by atoms with Gasteiger partial charge in [0.15, 0.2) is 11.3 Å². The summed E-state index contributed by atoms with van der Waals surface area (Å²) in [5.41, 5.74) is -2.44. The van der Waals surface area contributed by atoms with Gasteiger partial charge in [-0.25, -0.2) is 4.79 Å². The van der Waals surface area contributed by atoms with E-state index in [9.17, 15) is 9.90 Å². The van der Waals surface area contributed by atoms with E-state index in [0.29, 0.717) is 12.8 Å². The number of carbonyl (C=O) groups excluding carboxylic acids is 1. The van der Waals surface area contributed by atoms with Gasteiger partial charge in [-0.05, 0) is 47.5 Å². The Labute approximate surface area is 120 Å². The number of nitrogens with one attached hydrogen (secondary N) is 1. The first-order valence-corrected chi connectivity index (χ1v) is 7.52. The van der Waals surface area contributed by atoms with Crippen molar-refractivity contribution >= 4 is 6.09 Å². The molecule has 114 valence electrons. The van der Waals surface area contributed by atoms with E-state index in [1.165, 1.54) is 0 Å². The van der Waals surface area contributed by atoms with Crippen molar-refractivity contribution in [1.82, 2.24) is 10.2 Å². The summed E-state index contributed by atoms with van der Waals surface area (Å²) in [6.45, 7) is 10.1. The Morgan fingerprint density at radius 1 is 1.15 bits per heavy atom. The Morgan fingerprint density at radius 3 is 2.10 bits per heavy atom. The predicted octanol–water partition coefficient (Wildman–Crippen LogP) is 1.99. The number of hydrogen-bond donors (Lipinski definition) is 2. The second-order valence-corrected chi connectivity index (χ2v) is 8.23. The highest BCUT2D eigenvalue weighted by molar-refractivity contribution is 5.73. The third-order valence-corrected chi connectivity index (χ3v) is 4.86. The molecule has 0 bridgehead atoms. The van der Waals surface area contributed by atoms with Crippen LogP contribution in [0.4, 0.5) is 4.79 Å². The number of carbonyl (C=O) groups is 1. The van der Waals surface area contributed by atoms with E-state index in [-0.39, 0.29) is 23.2 Å². The van der Waals surface area contributed by atoms with Crippen molar-refractivity contribution in [3.63, 3.8) is 0 Å². The molecule has 0 aromatic carbocycles. The quantitative estimate of drug-likeness (QED) is 0.772. The van der Waals surface area contributed by atoms with Gasteiger partial charge in [-0.15, -0.1) is 0 Å². The van der Waals surface area contributed by atoms with Crippen molar-refractivity contribution in [2.24, 2.45) is 0 Å². The van der Waals surface area contributed by atoms with Crippen LogP contribution in [-0.4, -0.2) is 44.5 Å². The molecule has 1 atom stereocenters. The summed E-state index contributed by atoms with van der Waals surface area (Å²) >= 11 is 0. The molecule has 1 saturated carbocycles. The fraction of sp³-hybridized carbons (Fsp3) is 0.933. The lowest BCUT2D eigenvalue weighted by Crippen LogP contribution is -2.70. The van der Waals surface area contributed by atoms with Crippen molar-refractivity contribution in [3.8, 4) is 0 Å². The molecule has 0 radical (unpaired) electrons. The molecule has 5 nitrogen and oxygen atoms in total. The van der Waals surface area contributed by atoms with E-state index in [4.69, 9.17) is 4.74 Å². The van der Waals surface area contributed by atoms with Crippen LogP contribution in [0.2, 0.25) is 0 Å². The van der Waals surface area contributed by atoms with Crippen molar-refractivity contribution in [3.05, 3.63) is 0 Å². The lowest BCUT2D eigenvalue weighted by molar-refractivity contribution is -0.182. The third-order valence-electron chi connectivity index (χ3n) is 4.86. The van der Waals surface area contributed by atoms with E-state index in [1.807, 2.05) is 0 Å². The maximum atomic E-state index is 12.3. The summed E-state index contributed by atoms with van der Waals surface area (Å²) in [6.07, 6.45) is 2.81. The molecule has 3 fully saturated rings. The maximum absolute atomic E-state index is 12.3. The van der Waals surface area contributed by atoms with Gasteiger partial charge in [0.25, 0.3) is 0 Å². The van der Waals surface area contributed by atoms with Gasteiger partial charge >= 0.3 is 6.09 Å². The highest BCUT2D eigenvalue weighted by Gasteiger charge is 2.68. The number of aliphatic hydroxyl groups is 1. The standard InChI is InChI=1S/C15H26N2O3/c1-12(2)8-15(9-13(3,4)16-12)14(5,19)17(10-6-7-10)11(18)20-15/h10,16,19H,6-9H2,1-5H3/t14-/m1/s1. The van der Waals surface area contributed by atoms with E-state index in [0.717, 1.165) is 12.8 Å². The largest absolute Gasteiger partial charge is 0.437 e. The highest BCUT2D eigenvalue weighted by atomic mass is 16.6. The second-order valence-electron chi connectivity index (χ2n) is 8.23. The summed E-state index contributed by atoms with van der Waals surface area (Å²) < 4.78 is 5.79. The van der Waals surface area contributed by atoms with E-state index in [2.05, 4.69) is 33.0 Å². The highest BCUT2D eigenvalue weighted by Crippen LogP contribution is 2.52. The minimum atomic E-state index is -1.23. The van der Waals surface area contributed by atoms with E-state index in [1.54, 1.807) is 11.8 Å². The molecule has 2 aliphatic heterocycles. The molecule has 20 heavy (non-hydrogen) atoms. The molecular formula is C15H26N2O3. The molecule has 3 rings (SSSR count). The zero-order valence-corrected chi connectivity index (χ0v) is 13.1. The minimum absolute atomic E-state index is 0.151. The average Bonchev–Trinajstić information content (AvgIpc) is 2.92. The molecule has 2 N–H and O–H groups in total. The number of rotatable bonds is 1. The predicted molar refractivity (Wildman–Crippen MR) is 75.2 cm³/mol. The van der Waals surface area contributed by atoms with Crippen LogP contribution < -0.4 is 5.32 Å². The average molecular weight is 282 g/mol. The lowest BCUT2D eigenvalue weighted by atomic mass is 9.68. The summed E-state index contributed by atoms with van der Waals surface area (Å²) in [4.78, 5) is 13.9. The SMILES string of the molecule is CC1(C)CC2(CC(C)(C)N1)OC(=O)N(C1CC1)[C@]2(C)O. The molecule has 0 aromatic rings. The molecule has 0 aromatic heterocycles. The fourth-order valence-electron chi connectivity index (χ4n) is 4.45. The summed E-state index contributed by atoms with van der Waals surface area (Å²) in [6, 6.07) is 0.151. The zero-order valence-electron chi connectivity index (χ0n) is 13.1. The van der Waals surface area contributed by atoms with Crippen LogP contribution in [-0.2, 0) is 4.74 Å². The Hall–Kier alpha value is -0.810. The van der Waals surface area contributed by atoms with Crippen LogP contribution >= 0.6 is 0 Å². The monoisotopic (exact) mass is 282 g/mol. The summed E-state index contributed by atoms with van der Waals surface area (Å²) in [5.74, 6) is 0. The molecule has 1 spiro atoms.